The average molecular weight is 421 g/mol. The Labute approximate surface area is 178 Å². The molecule has 0 bridgehead atoms. The number of carbonyl (C=O) groups excluding carboxylic acids is 1. The van der Waals surface area contributed by atoms with Crippen LogP contribution in [0.2, 0.25) is 0 Å². The number of aryl methyl sites for hydroxylation is 1. The molecule has 31 heavy (non-hydrogen) atoms. The Bertz CT molecular complexity index is 1290. The number of nitrogens with one attached hydrogen (secondary N) is 2. The van der Waals surface area contributed by atoms with E-state index in [9.17, 15) is 9.18 Å². The Morgan fingerprint density at radius 3 is 3.03 bits per heavy atom. The van der Waals surface area contributed by atoms with Gasteiger partial charge in [-0.15, -0.1) is 0 Å². The largest absolute Gasteiger partial charge is 0.349 e. The molecule has 1 fully saturated rings. The SMILES string of the molecule is CC1CCC(N)CC1NC(=O)c1c[nH]c2ncc(-c3nn(C)c4cc(F)ccc34)nc12. The molecule has 3 unspecified atom stereocenters. The van der Waals surface area contributed by atoms with Gasteiger partial charge in [-0.05, 0) is 43.4 Å². The molecule has 3 atom stereocenters. The van der Waals surface area contributed by atoms with Crippen LogP contribution >= 0.6 is 0 Å². The Kier molecular flexibility index (Phi) is 4.70. The standard InChI is InChI=1S/C22H24FN7O/c1-11-3-5-13(24)8-16(11)28-22(31)15-9-25-21-20(15)27-17(10-26-21)19-14-6-4-12(23)7-18(14)30(2)29-19/h4,6-7,9-11,13,16H,3,5,8,24H2,1-2H3,(H,25,26)(H,28,31). The van der Waals surface area contributed by atoms with E-state index in [4.69, 9.17) is 10.7 Å². The molecule has 1 saturated carbocycles. The highest BCUT2D eigenvalue weighted by Crippen LogP contribution is 2.28. The highest BCUT2D eigenvalue weighted by Gasteiger charge is 2.28. The molecule has 0 radical (unpaired) electrons. The quantitative estimate of drug-likeness (QED) is 0.471. The first-order valence-corrected chi connectivity index (χ1v) is 10.4. The van der Waals surface area contributed by atoms with Crippen LogP contribution in [0.25, 0.3) is 33.5 Å². The number of nitrogens with zero attached hydrogens (tertiary/aromatic N) is 4. The van der Waals surface area contributed by atoms with Gasteiger partial charge >= 0.3 is 0 Å². The molecule has 3 heterocycles. The van der Waals surface area contributed by atoms with E-state index >= 15 is 0 Å². The number of nitrogens with two attached hydrogens (primary N) is 1. The Morgan fingerprint density at radius 2 is 2.19 bits per heavy atom. The van der Waals surface area contributed by atoms with Crippen molar-refractivity contribution in [2.45, 2.75) is 38.3 Å². The van der Waals surface area contributed by atoms with Gasteiger partial charge in [0.1, 0.15) is 22.7 Å². The van der Waals surface area contributed by atoms with E-state index in [0.717, 1.165) is 24.6 Å². The molecule has 1 aliphatic carbocycles. The zero-order chi connectivity index (χ0) is 21.7. The fourth-order valence-electron chi connectivity index (χ4n) is 4.40. The van der Waals surface area contributed by atoms with Crippen LogP contribution in [0.15, 0.2) is 30.6 Å². The summed E-state index contributed by atoms with van der Waals surface area (Å²) in [5.74, 6) is -0.155. The van der Waals surface area contributed by atoms with Crippen molar-refractivity contribution in [2.24, 2.45) is 18.7 Å². The maximum Gasteiger partial charge on any atom is 0.255 e. The third kappa shape index (κ3) is 3.44. The third-order valence-corrected chi connectivity index (χ3v) is 6.23. The third-order valence-electron chi connectivity index (χ3n) is 6.23. The zero-order valence-electron chi connectivity index (χ0n) is 17.4. The molecule has 0 saturated heterocycles. The molecule has 5 rings (SSSR count). The summed E-state index contributed by atoms with van der Waals surface area (Å²) >= 11 is 0. The number of halogens is 1. The Balaban J connectivity index is 1.51. The van der Waals surface area contributed by atoms with E-state index in [1.807, 2.05) is 0 Å². The second kappa shape index (κ2) is 7.42. The summed E-state index contributed by atoms with van der Waals surface area (Å²) in [6, 6.07) is 4.65. The van der Waals surface area contributed by atoms with Crippen molar-refractivity contribution in [3.8, 4) is 11.4 Å². The highest BCUT2D eigenvalue weighted by atomic mass is 19.1. The number of fused-ring (bicyclic) bond motifs is 2. The zero-order valence-corrected chi connectivity index (χ0v) is 17.4. The number of aromatic nitrogens is 5. The summed E-state index contributed by atoms with van der Waals surface area (Å²) in [4.78, 5) is 25.2. The molecular weight excluding hydrogens is 397 g/mol. The van der Waals surface area contributed by atoms with E-state index in [1.54, 1.807) is 30.2 Å². The van der Waals surface area contributed by atoms with E-state index in [0.29, 0.717) is 39.5 Å². The lowest BCUT2D eigenvalue weighted by Gasteiger charge is -2.33. The van der Waals surface area contributed by atoms with Crippen molar-refractivity contribution in [3.63, 3.8) is 0 Å². The summed E-state index contributed by atoms with van der Waals surface area (Å²) in [6.45, 7) is 2.14. The first-order valence-electron chi connectivity index (χ1n) is 10.4. The number of benzene rings is 1. The summed E-state index contributed by atoms with van der Waals surface area (Å²) < 4.78 is 15.3. The van der Waals surface area contributed by atoms with Gasteiger partial charge in [-0.3, -0.25) is 9.48 Å². The van der Waals surface area contributed by atoms with Crippen LogP contribution in [-0.4, -0.2) is 42.7 Å². The molecule has 4 N–H and O–H groups in total. The second-order valence-electron chi connectivity index (χ2n) is 8.42. The normalized spacial score (nSPS) is 21.6. The molecule has 4 aromatic rings. The minimum absolute atomic E-state index is 0.0342. The van der Waals surface area contributed by atoms with Gasteiger partial charge in [-0.1, -0.05) is 6.92 Å². The molecule has 1 aromatic carbocycles. The fourth-order valence-corrected chi connectivity index (χ4v) is 4.40. The number of hydrogen-bond acceptors (Lipinski definition) is 5. The molecule has 1 amide bonds. The predicted molar refractivity (Wildman–Crippen MR) is 116 cm³/mol. The Morgan fingerprint density at radius 1 is 1.35 bits per heavy atom. The van der Waals surface area contributed by atoms with Crippen LogP contribution in [0.1, 0.15) is 36.5 Å². The topological polar surface area (TPSA) is 115 Å². The maximum atomic E-state index is 13.7. The molecule has 160 valence electrons. The van der Waals surface area contributed by atoms with E-state index in [1.165, 1.54) is 12.1 Å². The van der Waals surface area contributed by atoms with Crippen LogP contribution in [0.4, 0.5) is 4.39 Å². The van der Waals surface area contributed by atoms with Gasteiger partial charge in [-0.2, -0.15) is 5.10 Å². The summed E-state index contributed by atoms with van der Waals surface area (Å²) in [7, 11) is 1.75. The first-order chi connectivity index (χ1) is 14.9. The number of hydrogen-bond donors (Lipinski definition) is 3. The second-order valence-corrected chi connectivity index (χ2v) is 8.42. The molecular formula is C22H24FN7O. The number of carbonyl (C=O) groups is 1. The molecule has 9 heteroatoms. The lowest BCUT2D eigenvalue weighted by Crippen LogP contribution is -2.46. The van der Waals surface area contributed by atoms with E-state index < -0.39 is 0 Å². The summed E-state index contributed by atoms with van der Waals surface area (Å²) in [6.07, 6.45) is 5.98. The van der Waals surface area contributed by atoms with Crippen molar-refractivity contribution < 1.29 is 9.18 Å². The van der Waals surface area contributed by atoms with E-state index in [2.05, 4.69) is 27.3 Å². The first kappa shape index (κ1) is 19.6. The summed E-state index contributed by atoms with van der Waals surface area (Å²) in [5.41, 5.74) is 9.30. The van der Waals surface area contributed by atoms with Crippen LogP contribution < -0.4 is 11.1 Å². The lowest BCUT2D eigenvalue weighted by atomic mass is 9.83. The van der Waals surface area contributed by atoms with Crippen molar-refractivity contribution in [2.75, 3.05) is 0 Å². The number of amides is 1. The molecule has 1 aliphatic rings. The average Bonchev–Trinajstić information content (AvgIpc) is 3.31. The molecule has 0 aliphatic heterocycles. The van der Waals surface area contributed by atoms with Crippen LogP contribution in [-0.2, 0) is 7.05 Å². The molecule has 3 aromatic heterocycles. The number of rotatable bonds is 3. The van der Waals surface area contributed by atoms with E-state index in [-0.39, 0.29) is 23.8 Å². The predicted octanol–water partition coefficient (Wildman–Crippen LogP) is 2.90. The van der Waals surface area contributed by atoms with Crippen molar-refractivity contribution in [1.82, 2.24) is 30.0 Å². The molecule has 8 nitrogen and oxygen atoms in total. The maximum absolute atomic E-state index is 13.7. The van der Waals surface area contributed by atoms with Gasteiger partial charge in [0, 0.05) is 30.7 Å². The minimum atomic E-state index is -0.329. The molecule has 0 spiro atoms. The van der Waals surface area contributed by atoms with Crippen molar-refractivity contribution in [1.29, 1.82) is 0 Å². The smallest absolute Gasteiger partial charge is 0.255 e. The van der Waals surface area contributed by atoms with Gasteiger partial charge in [0.2, 0.25) is 0 Å². The highest BCUT2D eigenvalue weighted by molar-refractivity contribution is 6.05. The van der Waals surface area contributed by atoms with Gasteiger partial charge in [0.05, 0.1) is 17.3 Å². The minimum Gasteiger partial charge on any atom is -0.349 e. The van der Waals surface area contributed by atoms with Crippen LogP contribution in [0, 0.1) is 11.7 Å². The fraction of sp³-hybridized carbons (Fsp3) is 0.364. The van der Waals surface area contributed by atoms with Crippen LogP contribution in [0.3, 0.4) is 0 Å². The van der Waals surface area contributed by atoms with Gasteiger partial charge in [-0.25, -0.2) is 14.4 Å². The van der Waals surface area contributed by atoms with Gasteiger partial charge in [0.25, 0.3) is 5.91 Å². The number of aromatic amines is 1. The Hall–Kier alpha value is -3.33. The summed E-state index contributed by atoms with van der Waals surface area (Å²) in [5, 5.41) is 8.39. The van der Waals surface area contributed by atoms with Gasteiger partial charge in [0.15, 0.2) is 5.65 Å². The monoisotopic (exact) mass is 421 g/mol. The van der Waals surface area contributed by atoms with Crippen molar-refractivity contribution >= 4 is 28.0 Å². The van der Waals surface area contributed by atoms with Gasteiger partial charge < -0.3 is 16.0 Å². The number of H-pyrrole nitrogens is 1. The van der Waals surface area contributed by atoms with Crippen LogP contribution in [0.5, 0.6) is 0 Å². The van der Waals surface area contributed by atoms with Crippen molar-refractivity contribution in [3.05, 3.63) is 42.0 Å². The lowest BCUT2D eigenvalue weighted by molar-refractivity contribution is 0.0908.